The molecule has 2 N–H and O–H groups in total. The first-order valence-corrected chi connectivity index (χ1v) is 9.80. The molecule has 0 fully saturated rings. The minimum Gasteiger partial charge on any atom is -0.481 e. The molecule has 3 aromatic rings. The maximum absolute atomic E-state index is 13.9. The van der Waals surface area contributed by atoms with E-state index in [4.69, 9.17) is 16.7 Å². The number of benzene rings is 2. The summed E-state index contributed by atoms with van der Waals surface area (Å²) in [4.78, 5) is 24.3. The van der Waals surface area contributed by atoms with E-state index in [1.54, 1.807) is 42.5 Å². The van der Waals surface area contributed by atoms with Gasteiger partial charge in [0.15, 0.2) is 0 Å². The predicted molar refractivity (Wildman–Crippen MR) is 113 cm³/mol. The van der Waals surface area contributed by atoms with Crippen LogP contribution < -0.4 is 5.56 Å². The highest BCUT2D eigenvalue weighted by atomic mass is 35.5. The molecule has 0 aliphatic carbocycles. The minimum absolute atomic E-state index is 0.0474. The Bertz CT molecular complexity index is 1120. The molecular formula is C23H19ClF3NO3. The van der Waals surface area contributed by atoms with Crippen molar-refractivity contribution in [3.8, 4) is 11.1 Å². The first kappa shape index (κ1) is 22.6. The van der Waals surface area contributed by atoms with E-state index in [-0.39, 0.29) is 17.0 Å². The van der Waals surface area contributed by atoms with E-state index in [0.717, 1.165) is 17.8 Å². The Hall–Kier alpha value is -3.06. The largest absolute Gasteiger partial charge is 0.481 e. The molecule has 3 rings (SSSR count). The summed E-state index contributed by atoms with van der Waals surface area (Å²) in [5.41, 5.74) is 1.92. The van der Waals surface area contributed by atoms with Crippen LogP contribution in [0.4, 0.5) is 13.2 Å². The van der Waals surface area contributed by atoms with Crippen molar-refractivity contribution in [1.29, 1.82) is 0 Å². The Morgan fingerprint density at radius 1 is 1.06 bits per heavy atom. The van der Waals surface area contributed by atoms with Crippen LogP contribution in [-0.2, 0) is 11.2 Å². The third kappa shape index (κ3) is 5.35. The first-order chi connectivity index (χ1) is 14.6. The number of aromatic nitrogens is 1. The number of alkyl halides is 3. The van der Waals surface area contributed by atoms with Crippen LogP contribution in [0, 0.1) is 0 Å². The van der Waals surface area contributed by atoms with E-state index in [1.165, 1.54) is 13.0 Å². The number of aliphatic carboxylic acids is 1. The number of nitrogens with one attached hydrogen (secondary N) is 1. The summed E-state index contributed by atoms with van der Waals surface area (Å²) in [6.07, 6.45) is -3.56. The highest BCUT2D eigenvalue weighted by Crippen LogP contribution is 2.46. The summed E-state index contributed by atoms with van der Waals surface area (Å²) in [6.45, 7) is 1.45. The summed E-state index contributed by atoms with van der Waals surface area (Å²) in [7, 11) is 0. The van der Waals surface area contributed by atoms with Crippen LogP contribution >= 0.6 is 11.6 Å². The number of aromatic amines is 1. The molecule has 0 amide bonds. The number of pyridine rings is 1. The van der Waals surface area contributed by atoms with Gasteiger partial charge in [-0.25, -0.2) is 0 Å². The number of H-pyrrole nitrogens is 1. The summed E-state index contributed by atoms with van der Waals surface area (Å²) in [5, 5.41) is 9.05. The van der Waals surface area contributed by atoms with Crippen molar-refractivity contribution >= 4 is 17.6 Å². The van der Waals surface area contributed by atoms with Crippen molar-refractivity contribution in [2.24, 2.45) is 0 Å². The summed E-state index contributed by atoms with van der Waals surface area (Å²) >= 11 is 6.38. The van der Waals surface area contributed by atoms with E-state index in [9.17, 15) is 22.8 Å². The highest BCUT2D eigenvalue weighted by molar-refractivity contribution is 6.31. The monoisotopic (exact) mass is 449 g/mol. The minimum atomic E-state index is -4.54. The molecule has 0 radical (unpaired) electrons. The number of carbonyl (C=O) groups is 1. The topological polar surface area (TPSA) is 70.2 Å². The number of hydrogen-bond donors (Lipinski definition) is 2. The zero-order valence-corrected chi connectivity index (χ0v) is 17.2. The summed E-state index contributed by atoms with van der Waals surface area (Å²) in [6, 6.07) is 13.9. The zero-order chi connectivity index (χ0) is 22.8. The number of hydrogen-bond acceptors (Lipinski definition) is 2. The Labute approximate surface area is 181 Å². The van der Waals surface area contributed by atoms with Gasteiger partial charge < -0.3 is 10.1 Å². The molecule has 2 aromatic carbocycles. The first-order valence-electron chi connectivity index (χ1n) is 9.42. The number of halogens is 4. The quantitative estimate of drug-likeness (QED) is 0.501. The zero-order valence-electron chi connectivity index (χ0n) is 16.4. The maximum atomic E-state index is 13.9. The Kier molecular flexibility index (Phi) is 6.55. The van der Waals surface area contributed by atoms with Gasteiger partial charge in [-0.1, -0.05) is 61.0 Å². The maximum Gasteiger partial charge on any atom is 0.396 e. The van der Waals surface area contributed by atoms with Crippen molar-refractivity contribution < 1.29 is 23.1 Å². The smallest absolute Gasteiger partial charge is 0.396 e. The summed E-state index contributed by atoms with van der Waals surface area (Å²) < 4.78 is 41.6. The average Bonchev–Trinajstić information content (AvgIpc) is 2.68. The van der Waals surface area contributed by atoms with Crippen LogP contribution in [0.15, 0.2) is 65.6 Å². The SMILES string of the molecule is C[C@@H](c1ccc(-c2ccc(CC(=O)O)cc2)cc1Cl)[C@H](c1ccc(=O)[nH]c1)C(F)(F)F. The van der Waals surface area contributed by atoms with Gasteiger partial charge in [-0.2, -0.15) is 13.2 Å². The highest BCUT2D eigenvalue weighted by Gasteiger charge is 2.45. The van der Waals surface area contributed by atoms with Crippen molar-refractivity contribution in [1.82, 2.24) is 4.98 Å². The Morgan fingerprint density at radius 3 is 2.23 bits per heavy atom. The second-order valence-corrected chi connectivity index (χ2v) is 7.71. The molecule has 1 aromatic heterocycles. The molecule has 1 heterocycles. The van der Waals surface area contributed by atoms with E-state index in [0.29, 0.717) is 16.7 Å². The number of rotatable bonds is 6. The van der Waals surface area contributed by atoms with Gasteiger partial charge in [0.05, 0.1) is 12.3 Å². The lowest BCUT2D eigenvalue weighted by Gasteiger charge is -2.27. The normalized spacial score (nSPS) is 13.6. The average molecular weight is 450 g/mol. The lowest BCUT2D eigenvalue weighted by atomic mass is 9.82. The van der Waals surface area contributed by atoms with Crippen molar-refractivity contribution in [2.45, 2.75) is 31.4 Å². The number of carboxylic acid groups (broad SMARTS) is 1. The molecule has 162 valence electrons. The van der Waals surface area contributed by atoms with Crippen molar-refractivity contribution in [3.05, 3.63) is 92.9 Å². The van der Waals surface area contributed by atoms with E-state index in [2.05, 4.69) is 4.98 Å². The Morgan fingerprint density at radius 2 is 1.71 bits per heavy atom. The third-order valence-electron chi connectivity index (χ3n) is 5.15. The molecule has 0 aliphatic heterocycles. The molecule has 0 saturated carbocycles. The predicted octanol–water partition coefficient (Wildman–Crippen LogP) is 5.77. The molecule has 0 unspecified atom stereocenters. The standard InChI is InChI=1S/C23H19ClF3NO3/c1-13(22(23(25,26)27)17-7-9-20(29)28-12-17)18-8-6-16(11-19(18)24)15-4-2-14(3-5-15)10-21(30)31/h2-9,11-13,22H,10H2,1H3,(H,28,29)(H,30,31)/t13-,22+/m0/s1. The Balaban J connectivity index is 1.92. The fourth-order valence-electron chi connectivity index (χ4n) is 3.62. The lowest BCUT2D eigenvalue weighted by Crippen LogP contribution is -2.26. The fraction of sp³-hybridized carbons (Fsp3) is 0.217. The molecule has 0 spiro atoms. The molecular weight excluding hydrogens is 431 g/mol. The van der Waals surface area contributed by atoms with Crippen LogP contribution in [-0.4, -0.2) is 22.2 Å². The van der Waals surface area contributed by atoms with Crippen LogP contribution in [0.2, 0.25) is 5.02 Å². The fourth-order valence-corrected chi connectivity index (χ4v) is 3.98. The second kappa shape index (κ2) is 8.98. The molecule has 0 aliphatic rings. The van der Waals surface area contributed by atoms with Gasteiger partial charge in [0.25, 0.3) is 0 Å². The third-order valence-corrected chi connectivity index (χ3v) is 5.48. The van der Waals surface area contributed by atoms with Gasteiger partial charge in [0.1, 0.15) is 0 Å². The van der Waals surface area contributed by atoms with Crippen molar-refractivity contribution in [3.63, 3.8) is 0 Å². The lowest BCUT2D eigenvalue weighted by molar-refractivity contribution is -0.154. The van der Waals surface area contributed by atoms with E-state index >= 15 is 0 Å². The second-order valence-electron chi connectivity index (χ2n) is 7.30. The molecule has 4 nitrogen and oxygen atoms in total. The van der Waals surface area contributed by atoms with Gasteiger partial charge in [-0.3, -0.25) is 9.59 Å². The molecule has 8 heteroatoms. The molecule has 0 bridgehead atoms. The van der Waals surface area contributed by atoms with E-state index in [1.807, 2.05) is 0 Å². The van der Waals surface area contributed by atoms with Crippen LogP contribution in [0.1, 0.15) is 35.4 Å². The van der Waals surface area contributed by atoms with Gasteiger partial charge in [-0.05, 0) is 39.8 Å². The number of carboxylic acids is 1. The van der Waals surface area contributed by atoms with Crippen molar-refractivity contribution in [2.75, 3.05) is 0 Å². The van der Waals surface area contributed by atoms with Gasteiger partial charge in [-0.15, -0.1) is 0 Å². The summed E-state index contributed by atoms with van der Waals surface area (Å²) in [5.74, 6) is -3.77. The molecule has 0 saturated heterocycles. The van der Waals surface area contributed by atoms with Crippen LogP contribution in [0.3, 0.4) is 0 Å². The van der Waals surface area contributed by atoms with Gasteiger partial charge >= 0.3 is 12.1 Å². The van der Waals surface area contributed by atoms with Gasteiger partial charge in [0, 0.05) is 17.3 Å². The van der Waals surface area contributed by atoms with Crippen LogP contribution in [0.5, 0.6) is 0 Å². The van der Waals surface area contributed by atoms with E-state index < -0.39 is 29.5 Å². The van der Waals surface area contributed by atoms with Crippen LogP contribution in [0.25, 0.3) is 11.1 Å². The molecule has 31 heavy (non-hydrogen) atoms. The molecule has 2 atom stereocenters. The van der Waals surface area contributed by atoms with Gasteiger partial charge in [0.2, 0.25) is 5.56 Å².